The van der Waals surface area contributed by atoms with Crippen molar-refractivity contribution < 1.29 is 9.84 Å². The highest BCUT2D eigenvalue weighted by Gasteiger charge is 2.31. The van der Waals surface area contributed by atoms with Crippen LogP contribution in [0.2, 0.25) is 5.02 Å². The number of ether oxygens (including phenoxy) is 1. The molecule has 0 saturated carbocycles. The first kappa shape index (κ1) is 23.7. The predicted molar refractivity (Wildman–Crippen MR) is 122 cm³/mol. The minimum absolute atomic E-state index is 0. The summed E-state index contributed by atoms with van der Waals surface area (Å²) < 4.78 is 5.99. The second-order valence-corrected chi connectivity index (χ2v) is 7.69. The molecule has 148 valence electrons. The molecule has 5 nitrogen and oxygen atoms in total. The number of aliphatic hydroxyl groups is 1. The SMILES string of the molecule is CCNC(=NCC1(O)CCSC1)NCC(CC)Oc1ccccc1Cl.I. The summed E-state index contributed by atoms with van der Waals surface area (Å²) in [5, 5.41) is 17.6. The molecule has 1 aromatic rings. The lowest BCUT2D eigenvalue weighted by molar-refractivity contribution is 0.0778. The molecular formula is C18H29ClIN3O2S. The van der Waals surface area contributed by atoms with E-state index in [4.69, 9.17) is 16.3 Å². The lowest BCUT2D eigenvalue weighted by atomic mass is 10.1. The lowest BCUT2D eigenvalue weighted by Gasteiger charge is -2.22. The van der Waals surface area contributed by atoms with E-state index in [0.29, 0.717) is 29.8 Å². The molecule has 0 aromatic heterocycles. The number of para-hydroxylation sites is 1. The van der Waals surface area contributed by atoms with E-state index >= 15 is 0 Å². The van der Waals surface area contributed by atoms with Gasteiger partial charge in [0.1, 0.15) is 11.9 Å². The molecule has 26 heavy (non-hydrogen) atoms. The van der Waals surface area contributed by atoms with Crippen molar-refractivity contribution in [3.63, 3.8) is 0 Å². The molecule has 1 fully saturated rings. The van der Waals surface area contributed by atoms with Crippen molar-refractivity contribution >= 4 is 53.3 Å². The van der Waals surface area contributed by atoms with Crippen LogP contribution in [0.25, 0.3) is 0 Å². The molecule has 1 aromatic carbocycles. The summed E-state index contributed by atoms with van der Waals surface area (Å²) in [6.45, 7) is 5.89. The number of nitrogens with one attached hydrogen (secondary N) is 2. The summed E-state index contributed by atoms with van der Waals surface area (Å²) in [7, 11) is 0. The van der Waals surface area contributed by atoms with Crippen molar-refractivity contribution in [3.8, 4) is 5.75 Å². The van der Waals surface area contributed by atoms with E-state index in [1.807, 2.05) is 31.2 Å². The number of rotatable bonds is 8. The Morgan fingerprint density at radius 1 is 1.38 bits per heavy atom. The van der Waals surface area contributed by atoms with Crippen molar-refractivity contribution in [2.24, 2.45) is 4.99 Å². The number of halogens is 2. The fraction of sp³-hybridized carbons (Fsp3) is 0.611. The average molecular weight is 514 g/mol. The van der Waals surface area contributed by atoms with Crippen LogP contribution < -0.4 is 15.4 Å². The number of aliphatic imine (C=N–C) groups is 1. The van der Waals surface area contributed by atoms with Gasteiger partial charge in [0.2, 0.25) is 0 Å². The van der Waals surface area contributed by atoms with Crippen molar-refractivity contribution in [2.75, 3.05) is 31.1 Å². The summed E-state index contributed by atoms with van der Waals surface area (Å²) in [6, 6.07) is 7.49. The van der Waals surface area contributed by atoms with Crippen LogP contribution in [-0.2, 0) is 0 Å². The molecule has 2 unspecified atom stereocenters. The third kappa shape index (κ3) is 7.70. The first-order valence-corrected chi connectivity index (χ1v) is 10.3. The molecule has 1 aliphatic rings. The van der Waals surface area contributed by atoms with E-state index < -0.39 is 5.60 Å². The summed E-state index contributed by atoms with van der Waals surface area (Å²) >= 11 is 7.94. The van der Waals surface area contributed by atoms with Gasteiger partial charge in [0.25, 0.3) is 0 Å². The van der Waals surface area contributed by atoms with Crippen molar-refractivity contribution in [1.82, 2.24) is 10.6 Å². The standard InChI is InChI=1S/C18H28ClN3O2S.HI/c1-3-14(24-16-8-6-5-7-15(16)19)11-21-17(20-4-2)22-12-18(23)9-10-25-13-18;/h5-8,14,23H,3-4,9-13H2,1-2H3,(H2,20,21,22);1H. The monoisotopic (exact) mass is 513 g/mol. The summed E-state index contributed by atoms with van der Waals surface area (Å²) in [5.74, 6) is 3.15. The number of hydrogen-bond donors (Lipinski definition) is 3. The zero-order valence-corrected chi connectivity index (χ0v) is 19.2. The molecule has 3 N–H and O–H groups in total. The van der Waals surface area contributed by atoms with Crippen LogP contribution in [0.15, 0.2) is 29.3 Å². The second kappa shape index (κ2) is 12.2. The Morgan fingerprint density at radius 2 is 2.15 bits per heavy atom. The van der Waals surface area contributed by atoms with Crippen LogP contribution in [0, 0.1) is 0 Å². The fourth-order valence-corrected chi connectivity index (χ4v) is 3.95. The molecule has 0 amide bonds. The molecular weight excluding hydrogens is 485 g/mol. The maximum absolute atomic E-state index is 10.4. The van der Waals surface area contributed by atoms with Gasteiger partial charge < -0.3 is 20.5 Å². The second-order valence-electron chi connectivity index (χ2n) is 6.18. The molecule has 1 aliphatic heterocycles. The smallest absolute Gasteiger partial charge is 0.191 e. The Kier molecular flexibility index (Phi) is 11.1. The van der Waals surface area contributed by atoms with Gasteiger partial charge >= 0.3 is 0 Å². The molecule has 2 atom stereocenters. The van der Waals surface area contributed by atoms with Crippen LogP contribution >= 0.6 is 47.3 Å². The summed E-state index contributed by atoms with van der Waals surface area (Å²) in [6.07, 6.45) is 1.63. The normalized spacial score (nSPS) is 21.0. The molecule has 0 bridgehead atoms. The van der Waals surface area contributed by atoms with Gasteiger partial charge in [0.05, 0.1) is 23.7 Å². The average Bonchev–Trinajstić information content (AvgIpc) is 3.04. The van der Waals surface area contributed by atoms with E-state index in [-0.39, 0.29) is 30.1 Å². The van der Waals surface area contributed by atoms with Gasteiger partial charge in [0, 0.05) is 12.3 Å². The van der Waals surface area contributed by atoms with E-state index in [9.17, 15) is 5.11 Å². The highest BCUT2D eigenvalue weighted by molar-refractivity contribution is 14.0. The Bertz CT molecular complexity index is 571. The van der Waals surface area contributed by atoms with E-state index in [1.165, 1.54) is 0 Å². The zero-order chi connectivity index (χ0) is 18.1. The fourth-order valence-electron chi connectivity index (χ4n) is 2.49. The highest BCUT2D eigenvalue weighted by Crippen LogP contribution is 2.28. The third-order valence-corrected chi connectivity index (χ3v) is 5.59. The Labute approximate surface area is 182 Å². The number of nitrogens with zero attached hydrogens (tertiary/aromatic N) is 1. The number of thioether (sulfide) groups is 1. The zero-order valence-electron chi connectivity index (χ0n) is 15.3. The quantitative estimate of drug-likeness (QED) is 0.282. The van der Waals surface area contributed by atoms with Crippen LogP contribution in [-0.4, -0.2) is 53.9 Å². The highest BCUT2D eigenvalue weighted by atomic mass is 127. The van der Waals surface area contributed by atoms with E-state index in [1.54, 1.807) is 11.8 Å². The maximum Gasteiger partial charge on any atom is 0.191 e. The van der Waals surface area contributed by atoms with Gasteiger partial charge in [-0.1, -0.05) is 30.7 Å². The topological polar surface area (TPSA) is 65.9 Å². The number of benzene rings is 1. The van der Waals surface area contributed by atoms with Gasteiger partial charge in [-0.2, -0.15) is 11.8 Å². The molecule has 1 saturated heterocycles. The molecule has 2 rings (SSSR count). The molecule has 8 heteroatoms. The van der Waals surface area contributed by atoms with Gasteiger partial charge in [0.15, 0.2) is 5.96 Å². The number of guanidine groups is 1. The van der Waals surface area contributed by atoms with Crippen LogP contribution in [0.3, 0.4) is 0 Å². The van der Waals surface area contributed by atoms with Crippen LogP contribution in [0.4, 0.5) is 0 Å². The van der Waals surface area contributed by atoms with Crippen LogP contribution in [0.5, 0.6) is 5.75 Å². The Hall–Kier alpha value is -0.380. The molecule has 0 radical (unpaired) electrons. The first-order chi connectivity index (χ1) is 12.1. The van der Waals surface area contributed by atoms with Gasteiger partial charge in [-0.25, -0.2) is 0 Å². The molecule has 1 heterocycles. The Morgan fingerprint density at radius 3 is 2.77 bits per heavy atom. The van der Waals surface area contributed by atoms with E-state index in [2.05, 4.69) is 22.5 Å². The largest absolute Gasteiger partial charge is 0.487 e. The summed E-state index contributed by atoms with van der Waals surface area (Å²) in [4.78, 5) is 4.55. The molecule has 0 spiro atoms. The summed E-state index contributed by atoms with van der Waals surface area (Å²) in [5.41, 5.74) is -0.675. The van der Waals surface area contributed by atoms with Gasteiger partial charge in [-0.3, -0.25) is 4.99 Å². The third-order valence-electron chi connectivity index (χ3n) is 4.04. The van der Waals surface area contributed by atoms with Crippen molar-refractivity contribution in [2.45, 2.75) is 38.4 Å². The minimum Gasteiger partial charge on any atom is -0.487 e. The van der Waals surface area contributed by atoms with Crippen LogP contribution in [0.1, 0.15) is 26.7 Å². The Balaban J connectivity index is 0.00000338. The lowest BCUT2D eigenvalue weighted by Crippen LogP contribution is -2.44. The first-order valence-electron chi connectivity index (χ1n) is 8.80. The number of hydrogen-bond acceptors (Lipinski definition) is 4. The van der Waals surface area contributed by atoms with Gasteiger partial charge in [-0.15, -0.1) is 24.0 Å². The van der Waals surface area contributed by atoms with Crippen molar-refractivity contribution in [1.29, 1.82) is 0 Å². The maximum atomic E-state index is 10.4. The minimum atomic E-state index is -0.675. The predicted octanol–water partition coefficient (Wildman–Crippen LogP) is 3.54. The van der Waals surface area contributed by atoms with Gasteiger partial charge in [-0.05, 0) is 37.7 Å². The van der Waals surface area contributed by atoms with Crippen molar-refractivity contribution in [3.05, 3.63) is 29.3 Å². The molecule has 0 aliphatic carbocycles. The van der Waals surface area contributed by atoms with E-state index in [0.717, 1.165) is 30.9 Å².